The average molecular weight is 536 g/mol. The van der Waals surface area contributed by atoms with E-state index < -0.39 is 40.2 Å². The van der Waals surface area contributed by atoms with Gasteiger partial charge in [0.15, 0.2) is 0 Å². The van der Waals surface area contributed by atoms with Crippen molar-refractivity contribution < 1.29 is 18.7 Å². The molecular formula is C25H23F2N9O3. The number of aromatic nitrogens is 4. The zero-order chi connectivity index (χ0) is 28.1. The molecule has 2 heterocycles. The molecule has 2 aromatic heterocycles. The summed E-state index contributed by atoms with van der Waals surface area (Å²) in [5.74, 6) is -1.92. The summed E-state index contributed by atoms with van der Waals surface area (Å²) in [5.41, 5.74) is 4.84. The minimum atomic E-state index is -0.960. The van der Waals surface area contributed by atoms with Gasteiger partial charge in [-0.25, -0.2) is 28.5 Å². The fourth-order valence-corrected chi connectivity index (χ4v) is 3.84. The number of hydrogen-bond donors (Lipinski definition) is 5. The van der Waals surface area contributed by atoms with Crippen LogP contribution >= 0.6 is 0 Å². The van der Waals surface area contributed by atoms with E-state index >= 15 is 0 Å². The maximum Gasteiger partial charge on any atom is 0.319 e. The summed E-state index contributed by atoms with van der Waals surface area (Å²) < 4.78 is 30.5. The van der Waals surface area contributed by atoms with Crippen molar-refractivity contribution in [2.45, 2.75) is 19.4 Å². The lowest BCUT2D eigenvalue weighted by Crippen LogP contribution is -2.30. The van der Waals surface area contributed by atoms with Gasteiger partial charge in [0.2, 0.25) is 0 Å². The van der Waals surface area contributed by atoms with Gasteiger partial charge < -0.3 is 26.8 Å². The van der Waals surface area contributed by atoms with E-state index in [1.807, 2.05) is 6.07 Å². The van der Waals surface area contributed by atoms with Crippen LogP contribution in [0.3, 0.4) is 0 Å². The first kappa shape index (κ1) is 26.9. The Morgan fingerprint density at radius 1 is 1.23 bits per heavy atom. The summed E-state index contributed by atoms with van der Waals surface area (Å²) in [7, 11) is 0. The molecule has 0 saturated carbocycles. The number of anilines is 3. The van der Waals surface area contributed by atoms with Gasteiger partial charge in [-0.3, -0.25) is 9.36 Å². The number of halogens is 2. The number of aliphatic hydroxyl groups is 1. The monoisotopic (exact) mass is 535 g/mol. The van der Waals surface area contributed by atoms with Crippen LogP contribution in [-0.2, 0) is 0 Å². The lowest BCUT2D eigenvalue weighted by Gasteiger charge is -2.21. The smallest absolute Gasteiger partial charge is 0.319 e. The van der Waals surface area contributed by atoms with Crippen LogP contribution in [0.2, 0.25) is 0 Å². The minimum absolute atomic E-state index is 0.0392. The summed E-state index contributed by atoms with van der Waals surface area (Å²) >= 11 is 0. The summed E-state index contributed by atoms with van der Waals surface area (Å²) in [6.07, 6.45) is 1.51. The molecule has 0 aliphatic heterocycles. The molecule has 0 spiro atoms. The van der Waals surface area contributed by atoms with Crippen molar-refractivity contribution in [2.75, 3.05) is 29.5 Å². The van der Waals surface area contributed by atoms with Gasteiger partial charge in [-0.05, 0) is 43.7 Å². The largest absolute Gasteiger partial charge is 0.396 e. The van der Waals surface area contributed by atoms with E-state index in [1.165, 1.54) is 12.1 Å². The number of nitrogens with zero attached hydrogens (tertiary/aromatic N) is 5. The molecule has 39 heavy (non-hydrogen) atoms. The summed E-state index contributed by atoms with van der Waals surface area (Å²) in [5, 5.41) is 25.9. The minimum Gasteiger partial charge on any atom is -0.396 e. The fourth-order valence-electron chi connectivity index (χ4n) is 3.84. The van der Waals surface area contributed by atoms with Crippen molar-refractivity contribution in [3.63, 3.8) is 0 Å². The molecule has 1 atom stereocenters. The van der Waals surface area contributed by atoms with E-state index in [-0.39, 0.29) is 41.9 Å². The number of urea groups is 1. The van der Waals surface area contributed by atoms with Crippen LogP contribution in [0.25, 0.3) is 16.6 Å². The Balaban J connectivity index is 1.85. The van der Waals surface area contributed by atoms with Crippen LogP contribution in [-0.4, -0.2) is 43.8 Å². The Labute approximate surface area is 220 Å². The van der Waals surface area contributed by atoms with Gasteiger partial charge in [0.05, 0.1) is 11.7 Å². The molecule has 0 aliphatic rings. The van der Waals surface area contributed by atoms with Gasteiger partial charge in [0.25, 0.3) is 5.56 Å². The van der Waals surface area contributed by atoms with E-state index in [0.29, 0.717) is 12.1 Å². The van der Waals surface area contributed by atoms with Crippen LogP contribution in [0.5, 0.6) is 0 Å². The number of benzene rings is 2. The summed E-state index contributed by atoms with van der Waals surface area (Å²) in [6.45, 7) is 1.74. The maximum atomic E-state index is 14.8. The number of fused-ring (bicyclic) bond motifs is 1. The third-order valence-electron chi connectivity index (χ3n) is 5.66. The zero-order valence-electron chi connectivity index (χ0n) is 20.6. The molecule has 0 saturated heterocycles. The van der Waals surface area contributed by atoms with Gasteiger partial charge in [-0.2, -0.15) is 5.26 Å². The molecule has 200 valence electrons. The summed E-state index contributed by atoms with van der Waals surface area (Å²) in [6, 6.07) is 8.28. The first-order valence-electron chi connectivity index (χ1n) is 11.7. The van der Waals surface area contributed by atoms with Crippen molar-refractivity contribution >= 4 is 34.3 Å². The number of nitrogen functional groups attached to an aromatic ring is 1. The Bertz CT molecular complexity index is 1650. The molecule has 14 heteroatoms. The third kappa shape index (κ3) is 5.58. The molecule has 6 N–H and O–H groups in total. The van der Waals surface area contributed by atoms with Crippen LogP contribution in [0.1, 0.15) is 30.8 Å². The lowest BCUT2D eigenvalue weighted by atomic mass is 10.1. The van der Waals surface area contributed by atoms with Gasteiger partial charge >= 0.3 is 6.03 Å². The second kappa shape index (κ2) is 11.5. The fraction of sp³-hybridized carbons (Fsp3) is 0.200. The van der Waals surface area contributed by atoms with Crippen LogP contribution in [0.15, 0.2) is 47.5 Å². The second-order valence-corrected chi connectivity index (χ2v) is 8.33. The van der Waals surface area contributed by atoms with Crippen molar-refractivity contribution in [3.8, 4) is 11.8 Å². The average Bonchev–Trinajstić information content (AvgIpc) is 2.91. The van der Waals surface area contributed by atoms with Gasteiger partial charge in [-0.1, -0.05) is 6.07 Å². The summed E-state index contributed by atoms with van der Waals surface area (Å²) in [4.78, 5) is 37.9. The van der Waals surface area contributed by atoms with Crippen molar-refractivity contribution in [1.82, 2.24) is 24.8 Å². The highest BCUT2D eigenvalue weighted by atomic mass is 19.1. The number of carbonyl (C=O) groups excluding carboxylic acids is 1. The Kier molecular flexibility index (Phi) is 7.92. The molecule has 2 aromatic carbocycles. The molecule has 0 radical (unpaired) electrons. The Morgan fingerprint density at radius 2 is 2.00 bits per heavy atom. The van der Waals surface area contributed by atoms with Gasteiger partial charge in [-0.15, -0.1) is 0 Å². The van der Waals surface area contributed by atoms with Crippen molar-refractivity contribution in [3.05, 3.63) is 76.1 Å². The first-order chi connectivity index (χ1) is 18.7. The number of hydrogen-bond acceptors (Lipinski definition) is 9. The van der Waals surface area contributed by atoms with E-state index in [1.54, 1.807) is 19.1 Å². The van der Waals surface area contributed by atoms with Gasteiger partial charge in [0, 0.05) is 18.8 Å². The van der Waals surface area contributed by atoms with Crippen molar-refractivity contribution in [1.29, 1.82) is 5.26 Å². The normalized spacial score (nSPS) is 11.6. The number of aliphatic hydroxyl groups excluding tert-OH is 1. The molecule has 12 nitrogen and oxygen atoms in total. The molecule has 2 amide bonds. The molecule has 1 unspecified atom stereocenters. The van der Waals surface area contributed by atoms with Gasteiger partial charge in [0.1, 0.15) is 58.0 Å². The first-order valence-corrected chi connectivity index (χ1v) is 11.7. The molecule has 0 fully saturated rings. The molecule has 0 bridgehead atoms. The predicted octanol–water partition coefficient (Wildman–Crippen LogP) is 2.58. The maximum absolute atomic E-state index is 14.8. The van der Waals surface area contributed by atoms with Crippen LogP contribution in [0, 0.1) is 23.0 Å². The highest BCUT2D eigenvalue weighted by Crippen LogP contribution is 2.26. The lowest BCUT2D eigenvalue weighted by molar-refractivity contribution is 0.249. The number of rotatable bonds is 8. The highest BCUT2D eigenvalue weighted by Gasteiger charge is 2.23. The number of amides is 2. The molecule has 4 rings (SSSR count). The number of nitrogens with two attached hydrogens (primary N) is 1. The Hall–Kier alpha value is -5.16. The van der Waals surface area contributed by atoms with E-state index in [4.69, 9.17) is 10.8 Å². The number of nitriles is 1. The predicted molar refractivity (Wildman–Crippen MR) is 139 cm³/mol. The van der Waals surface area contributed by atoms with E-state index in [0.717, 1.165) is 23.0 Å². The van der Waals surface area contributed by atoms with Crippen LogP contribution in [0.4, 0.5) is 30.9 Å². The van der Waals surface area contributed by atoms with Crippen molar-refractivity contribution in [2.24, 2.45) is 0 Å². The topological polar surface area (TPSA) is 184 Å². The van der Waals surface area contributed by atoms with E-state index in [9.17, 15) is 23.6 Å². The van der Waals surface area contributed by atoms with E-state index in [2.05, 4.69) is 30.9 Å². The third-order valence-corrected chi connectivity index (χ3v) is 5.66. The standard InChI is InChI=1S/C25H23F2N9O3/c1-13(33-22-16(11-28)21(29)31-12-32-22)23-35-20-18(27)7-6-17(26)19(20)24(38)36(23)15-5-2-4-14(10-15)34-25(39)30-8-3-9-37/h2,4-7,10,12-13,37H,3,8-9H2,1H3,(H2,30,34,39)(H3,29,31,32,33). The Morgan fingerprint density at radius 3 is 2.74 bits per heavy atom. The zero-order valence-corrected chi connectivity index (χ0v) is 20.6. The SMILES string of the molecule is CC(Nc1ncnc(N)c1C#N)c1nc2c(F)ccc(F)c2c(=O)n1-c1cccc(NC(=O)NCCCO)c1. The van der Waals surface area contributed by atoms with Crippen LogP contribution < -0.4 is 27.2 Å². The molecular weight excluding hydrogens is 512 g/mol. The second-order valence-electron chi connectivity index (χ2n) is 8.33. The highest BCUT2D eigenvalue weighted by molar-refractivity contribution is 5.89. The molecule has 0 aliphatic carbocycles. The number of nitrogens with one attached hydrogen (secondary N) is 3. The number of carbonyl (C=O) groups is 1. The quantitative estimate of drug-likeness (QED) is 0.212. The molecule has 4 aromatic rings.